The molecule has 1 aromatic rings. The summed E-state index contributed by atoms with van der Waals surface area (Å²) in [7, 11) is 0. The molecule has 0 fully saturated rings. The fourth-order valence-corrected chi connectivity index (χ4v) is 1.41. The second-order valence-corrected chi connectivity index (χ2v) is 3.65. The first-order valence-corrected chi connectivity index (χ1v) is 4.82. The predicted octanol–water partition coefficient (Wildman–Crippen LogP) is 0.574. The molecule has 7 nitrogen and oxygen atoms in total. The van der Waals surface area contributed by atoms with Crippen LogP contribution in [0.3, 0.4) is 0 Å². The predicted molar refractivity (Wildman–Crippen MR) is 53.3 cm³/mol. The van der Waals surface area contributed by atoms with Crippen molar-refractivity contribution < 1.29 is 19.8 Å². The maximum atomic E-state index is 10.8. The molecule has 0 radical (unpaired) electrons. The van der Waals surface area contributed by atoms with Crippen LogP contribution < -0.4 is 0 Å². The molecule has 0 saturated carbocycles. The number of aliphatic carboxylic acids is 1. The first-order valence-electron chi connectivity index (χ1n) is 4.82. The molecule has 0 unspecified atom stereocenters. The van der Waals surface area contributed by atoms with Crippen molar-refractivity contribution in [3.63, 3.8) is 0 Å². The van der Waals surface area contributed by atoms with Gasteiger partial charge in [0.1, 0.15) is 0 Å². The molecule has 0 aromatic carbocycles. The van der Waals surface area contributed by atoms with Crippen LogP contribution in [0, 0.1) is 0 Å². The van der Waals surface area contributed by atoms with Gasteiger partial charge in [-0.1, -0.05) is 19.1 Å². The zero-order valence-corrected chi connectivity index (χ0v) is 9.04. The molecule has 7 heteroatoms. The number of carboxylic acid groups (broad SMARTS) is 2. The molecule has 1 aromatic heterocycles. The van der Waals surface area contributed by atoms with Gasteiger partial charge in [0.2, 0.25) is 0 Å². The zero-order chi connectivity index (χ0) is 12.3. The van der Waals surface area contributed by atoms with Crippen LogP contribution in [-0.2, 0) is 11.3 Å². The van der Waals surface area contributed by atoms with Gasteiger partial charge in [0.05, 0.1) is 18.7 Å². The lowest BCUT2D eigenvalue weighted by atomic mass is 10.1. The van der Waals surface area contributed by atoms with E-state index < -0.39 is 11.9 Å². The van der Waals surface area contributed by atoms with Gasteiger partial charge in [-0.3, -0.25) is 4.79 Å². The molecule has 2 N–H and O–H groups in total. The van der Waals surface area contributed by atoms with Gasteiger partial charge < -0.3 is 10.2 Å². The average molecular weight is 227 g/mol. The number of nitrogens with zero attached hydrogens (tertiary/aromatic N) is 3. The Balaban J connectivity index is 3.00. The average Bonchev–Trinajstić information content (AvgIpc) is 2.57. The van der Waals surface area contributed by atoms with Crippen LogP contribution in [0.5, 0.6) is 0 Å². The number of carboxylic acids is 2. The fourth-order valence-electron chi connectivity index (χ4n) is 1.41. The summed E-state index contributed by atoms with van der Waals surface area (Å²) in [5.41, 5.74) is 0.342. The first-order chi connectivity index (χ1) is 7.43. The maximum Gasteiger partial charge on any atom is 0.358 e. The van der Waals surface area contributed by atoms with Crippen LogP contribution in [0.2, 0.25) is 0 Å². The van der Waals surface area contributed by atoms with Crippen LogP contribution in [-0.4, -0.2) is 37.1 Å². The van der Waals surface area contributed by atoms with E-state index in [1.54, 1.807) is 0 Å². The number of hydrogen-bond acceptors (Lipinski definition) is 4. The Morgan fingerprint density at radius 1 is 1.38 bits per heavy atom. The van der Waals surface area contributed by atoms with Crippen molar-refractivity contribution in [1.82, 2.24) is 15.0 Å². The molecular weight excluding hydrogens is 214 g/mol. The van der Waals surface area contributed by atoms with E-state index in [-0.39, 0.29) is 24.6 Å². The molecule has 0 aliphatic carbocycles. The fraction of sp³-hybridized carbons (Fsp3) is 0.556. The molecule has 0 aliphatic heterocycles. The highest BCUT2D eigenvalue weighted by molar-refractivity contribution is 5.86. The van der Waals surface area contributed by atoms with Gasteiger partial charge in [-0.2, -0.15) is 0 Å². The van der Waals surface area contributed by atoms with Gasteiger partial charge in [-0.05, 0) is 5.92 Å². The summed E-state index contributed by atoms with van der Waals surface area (Å²) in [6.07, 6.45) is -0.109. The number of hydrogen-bond donors (Lipinski definition) is 2. The van der Waals surface area contributed by atoms with Gasteiger partial charge in [-0.15, -0.1) is 5.10 Å². The van der Waals surface area contributed by atoms with E-state index in [0.29, 0.717) is 5.69 Å². The van der Waals surface area contributed by atoms with E-state index in [1.807, 2.05) is 13.8 Å². The molecule has 0 amide bonds. The van der Waals surface area contributed by atoms with E-state index in [4.69, 9.17) is 10.2 Å². The number of aromatic nitrogens is 3. The SMILES string of the molecule is CC(C)c1c(C(=O)O)nnn1CCC(=O)O. The Labute approximate surface area is 91.7 Å². The third-order valence-electron chi connectivity index (χ3n) is 2.06. The van der Waals surface area contributed by atoms with Crippen LogP contribution >= 0.6 is 0 Å². The number of rotatable bonds is 5. The normalized spacial score (nSPS) is 10.7. The highest BCUT2D eigenvalue weighted by atomic mass is 16.4. The van der Waals surface area contributed by atoms with Crippen LogP contribution in [0.25, 0.3) is 0 Å². The monoisotopic (exact) mass is 227 g/mol. The van der Waals surface area contributed by atoms with Crippen LogP contribution in [0.15, 0.2) is 0 Å². The Morgan fingerprint density at radius 2 is 2.00 bits per heavy atom. The Hall–Kier alpha value is -1.92. The van der Waals surface area contributed by atoms with Crippen molar-refractivity contribution >= 4 is 11.9 Å². The topological polar surface area (TPSA) is 105 Å². The minimum atomic E-state index is -1.15. The van der Waals surface area contributed by atoms with E-state index in [9.17, 15) is 9.59 Å². The van der Waals surface area contributed by atoms with Crippen LogP contribution in [0.4, 0.5) is 0 Å². The van der Waals surface area contributed by atoms with E-state index in [1.165, 1.54) is 4.68 Å². The van der Waals surface area contributed by atoms with Gasteiger partial charge in [0.25, 0.3) is 0 Å². The molecule has 88 valence electrons. The largest absolute Gasteiger partial charge is 0.481 e. The third kappa shape index (κ3) is 2.56. The smallest absolute Gasteiger partial charge is 0.358 e. The summed E-state index contributed by atoms with van der Waals surface area (Å²) in [5, 5.41) is 24.6. The Morgan fingerprint density at radius 3 is 2.44 bits per heavy atom. The minimum absolute atomic E-state index is 0.0742. The molecule has 1 heterocycles. The van der Waals surface area contributed by atoms with Crippen molar-refractivity contribution in [3.8, 4) is 0 Å². The molecule has 1 rings (SSSR count). The maximum absolute atomic E-state index is 10.8. The standard InChI is InChI=1S/C9H13N3O4/c1-5(2)8-7(9(15)16)10-11-12(8)4-3-6(13)14/h5H,3-4H2,1-2H3,(H,13,14)(H,15,16). The quantitative estimate of drug-likeness (QED) is 0.761. The lowest BCUT2D eigenvalue weighted by molar-refractivity contribution is -0.137. The van der Waals surface area contributed by atoms with Crippen molar-refractivity contribution in [3.05, 3.63) is 11.4 Å². The Kier molecular flexibility index (Phi) is 3.60. The lowest BCUT2D eigenvalue weighted by Crippen LogP contribution is -2.12. The lowest BCUT2D eigenvalue weighted by Gasteiger charge is -2.08. The van der Waals surface area contributed by atoms with Crippen LogP contribution in [0.1, 0.15) is 42.4 Å². The summed E-state index contributed by atoms with van der Waals surface area (Å²) in [6.45, 7) is 3.74. The minimum Gasteiger partial charge on any atom is -0.481 e. The summed E-state index contributed by atoms with van der Waals surface area (Å²) in [4.78, 5) is 21.3. The second-order valence-electron chi connectivity index (χ2n) is 3.65. The molecule has 0 saturated heterocycles. The molecule has 16 heavy (non-hydrogen) atoms. The highest BCUT2D eigenvalue weighted by Crippen LogP contribution is 2.17. The van der Waals surface area contributed by atoms with Gasteiger partial charge in [0, 0.05) is 0 Å². The summed E-state index contributed by atoms with van der Waals surface area (Å²) >= 11 is 0. The van der Waals surface area contributed by atoms with E-state index in [0.717, 1.165) is 0 Å². The summed E-state index contributed by atoms with van der Waals surface area (Å²) < 4.78 is 1.34. The summed E-state index contributed by atoms with van der Waals surface area (Å²) in [5.74, 6) is -2.18. The third-order valence-corrected chi connectivity index (χ3v) is 2.06. The molecular formula is C9H13N3O4. The molecule has 0 bridgehead atoms. The number of carbonyl (C=O) groups is 2. The van der Waals surface area contributed by atoms with E-state index in [2.05, 4.69) is 10.3 Å². The number of aromatic carboxylic acids is 1. The number of aryl methyl sites for hydroxylation is 1. The van der Waals surface area contributed by atoms with Gasteiger partial charge >= 0.3 is 11.9 Å². The van der Waals surface area contributed by atoms with Crippen molar-refractivity contribution in [2.75, 3.05) is 0 Å². The zero-order valence-electron chi connectivity index (χ0n) is 9.04. The van der Waals surface area contributed by atoms with Gasteiger partial charge in [0.15, 0.2) is 5.69 Å². The van der Waals surface area contributed by atoms with Crippen molar-refractivity contribution in [2.45, 2.75) is 32.7 Å². The molecule has 0 spiro atoms. The molecule has 0 aliphatic rings. The van der Waals surface area contributed by atoms with Crippen molar-refractivity contribution in [2.24, 2.45) is 0 Å². The summed E-state index contributed by atoms with van der Waals surface area (Å²) in [6, 6.07) is 0. The first kappa shape index (κ1) is 12.2. The van der Waals surface area contributed by atoms with Crippen molar-refractivity contribution in [1.29, 1.82) is 0 Å². The second kappa shape index (κ2) is 4.73. The Bertz CT molecular complexity index is 411. The van der Waals surface area contributed by atoms with Gasteiger partial charge in [-0.25, -0.2) is 9.48 Å². The highest BCUT2D eigenvalue weighted by Gasteiger charge is 2.21. The molecule has 0 atom stereocenters. The van der Waals surface area contributed by atoms with E-state index >= 15 is 0 Å².